The number of nitrogens with one attached hydrogen (secondary N) is 1. The normalized spacial score (nSPS) is 11.6. The van der Waals surface area contributed by atoms with Crippen molar-refractivity contribution < 1.29 is 14.0 Å². The van der Waals surface area contributed by atoms with E-state index in [1.165, 1.54) is 6.26 Å². The lowest BCUT2D eigenvalue weighted by atomic mass is 10.0. The van der Waals surface area contributed by atoms with Crippen LogP contribution in [0.4, 0.5) is 11.4 Å². The summed E-state index contributed by atoms with van der Waals surface area (Å²) in [5, 5.41) is 3.28. The van der Waals surface area contributed by atoms with Crippen LogP contribution in [-0.2, 0) is 6.54 Å². The van der Waals surface area contributed by atoms with Gasteiger partial charge in [-0.3, -0.25) is 9.59 Å². The quantitative estimate of drug-likeness (QED) is 0.293. The Balaban J connectivity index is 1.72. The van der Waals surface area contributed by atoms with E-state index in [0.29, 0.717) is 22.8 Å². The van der Waals surface area contributed by atoms with E-state index >= 15 is 0 Å². The average molecular weight is 502 g/mol. The third-order valence-electron chi connectivity index (χ3n) is 6.02. The van der Waals surface area contributed by atoms with Gasteiger partial charge in [-0.15, -0.1) is 0 Å². The minimum atomic E-state index is -0.342. The summed E-state index contributed by atoms with van der Waals surface area (Å²) in [4.78, 5) is 30.2. The molecule has 0 saturated heterocycles. The number of furan rings is 1. The van der Waals surface area contributed by atoms with Crippen molar-refractivity contribution in [3.05, 3.63) is 119 Å². The molecule has 0 saturated carbocycles. The molecule has 1 atom stereocenters. The highest BCUT2D eigenvalue weighted by Gasteiger charge is 2.26. The Bertz CT molecular complexity index is 1340. The monoisotopic (exact) mass is 501 g/mol. The number of hydrogen-bond donors (Lipinski definition) is 1. The summed E-state index contributed by atoms with van der Waals surface area (Å²) >= 11 is 6.42. The molecule has 4 rings (SSSR count). The predicted octanol–water partition coefficient (Wildman–Crippen LogP) is 6.65. The van der Waals surface area contributed by atoms with E-state index in [1.54, 1.807) is 41.3 Å². The third-order valence-corrected chi connectivity index (χ3v) is 6.35. The topological polar surface area (TPSA) is 65.8 Å². The van der Waals surface area contributed by atoms with Crippen molar-refractivity contribution in [2.45, 2.75) is 19.5 Å². The Morgan fingerprint density at radius 3 is 2.33 bits per heavy atom. The van der Waals surface area contributed by atoms with Gasteiger partial charge in [-0.1, -0.05) is 54.1 Å². The van der Waals surface area contributed by atoms with E-state index in [-0.39, 0.29) is 23.6 Å². The van der Waals surface area contributed by atoms with Gasteiger partial charge in [0.05, 0.1) is 22.9 Å². The fraction of sp³-hybridized carbons (Fsp3) is 0.172. The van der Waals surface area contributed by atoms with Crippen molar-refractivity contribution in [1.82, 2.24) is 4.90 Å². The highest BCUT2D eigenvalue weighted by atomic mass is 35.5. The summed E-state index contributed by atoms with van der Waals surface area (Å²) in [5.41, 5.74) is 3.86. The lowest BCUT2D eigenvalue weighted by Crippen LogP contribution is -2.34. The number of halogens is 1. The summed E-state index contributed by atoms with van der Waals surface area (Å²) < 4.78 is 5.21. The number of benzene rings is 3. The van der Waals surface area contributed by atoms with Crippen molar-refractivity contribution in [3.8, 4) is 0 Å². The summed E-state index contributed by atoms with van der Waals surface area (Å²) in [6.07, 6.45) is 1.46. The Kier molecular flexibility index (Phi) is 7.76. The zero-order valence-electron chi connectivity index (χ0n) is 20.4. The Morgan fingerprint density at radius 1 is 0.944 bits per heavy atom. The Labute approximate surface area is 216 Å². The van der Waals surface area contributed by atoms with Gasteiger partial charge in [0.2, 0.25) is 0 Å². The van der Waals surface area contributed by atoms with Crippen LogP contribution in [0.3, 0.4) is 0 Å². The van der Waals surface area contributed by atoms with E-state index in [2.05, 4.69) is 5.32 Å². The molecule has 1 heterocycles. The highest BCUT2D eigenvalue weighted by Crippen LogP contribution is 2.31. The van der Waals surface area contributed by atoms with E-state index in [1.807, 2.05) is 74.4 Å². The molecule has 7 heteroatoms. The number of nitrogens with zero attached hydrogens (tertiary/aromatic N) is 2. The lowest BCUT2D eigenvalue weighted by molar-refractivity contribution is 0.0674. The predicted molar refractivity (Wildman–Crippen MR) is 144 cm³/mol. The summed E-state index contributed by atoms with van der Waals surface area (Å²) in [7, 11) is 3.89. The molecule has 0 aliphatic carbocycles. The number of amides is 2. The highest BCUT2D eigenvalue weighted by molar-refractivity contribution is 6.33. The summed E-state index contributed by atoms with van der Waals surface area (Å²) in [5.74, 6) is -0.293. The summed E-state index contributed by atoms with van der Waals surface area (Å²) in [6.45, 7) is 2.31. The second-order valence-electron chi connectivity index (χ2n) is 8.67. The maximum absolute atomic E-state index is 13.8. The van der Waals surface area contributed by atoms with Crippen LogP contribution in [0.1, 0.15) is 45.0 Å². The van der Waals surface area contributed by atoms with Gasteiger partial charge in [0.1, 0.15) is 0 Å². The van der Waals surface area contributed by atoms with Crippen LogP contribution in [0, 0.1) is 0 Å². The standard InChI is InChI=1S/C29H28ClN3O3/c1-20(21-10-5-4-6-11-21)33(29(35)24-12-7-8-13-25(24)30)19-22-18-23(15-16-26(22)32(2)3)31-28(34)27-14-9-17-36-27/h4-18,20H,19H2,1-3H3,(H,31,34)/t20-/m0/s1. The van der Waals surface area contributed by atoms with Crippen LogP contribution in [0.25, 0.3) is 0 Å². The van der Waals surface area contributed by atoms with Crippen LogP contribution in [-0.4, -0.2) is 30.8 Å². The number of hydrogen-bond acceptors (Lipinski definition) is 4. The van der Waals surface area contributed by atoms with Gasteiger partial charge in [0, 0.05) is 32.0 Å². The molecule has 0 fully saturated rings. The van der Waals surface area contributed by atoms with Gasteiger partial charge >= 0.3 is 0 Å². The van der Waals surface area contributed by atoms with Crippen molar-refractivity contribution >= 4 is 34.8 Å². The first-order valence-corrected chi connectivity index (χ1v) is 12.0. The molecule has 184 valence electrons. The molecule has 0 aliphatic heterocycles. The molecular formula is C29H28ClN3O3. The van der Waals surface area contributed by atoms with Crippen LogP contribution in [0.15, 0.2) is 95.6 Å². The van der Waals surface area contributed by atoms with Crippen molar-refractivity contribution in [2.24, 2.45) is 0 Å². The first kappa shape index (κ1) is 25.1. The van der Waals surface area contributed by atoms with Gasteiger partial charge in [0.25, 0.3) is 11.8 Å². The first-order valence-electron chi connectivity index (χ1n) is 11.6. The lowest BCUT2D eigenvalue weighted by Gasteiger charge is -2.32. The molecule has 36 heavy (non-hydrogen) atoms. The molecular weight excluding hydrogens is 474 g/mol. The molecule has 0 radical (unpaired) electrons. The molecule has 2 amide bonds. The minimum Gasteiger partial charge on any atom is -0.459 e. The first-order chi connectivity index (χ1) is 17.3. The SMILES string of the molecule is C[C@@H](c1ccccc1)N(Cc1cc(NC(=O)c2ccco2)ccc1N(C)C)C(=O)c1ccccc1Cl. The van der Waals surface area contributed by atoms with Gasteiger partial charge < -0.3 is 19.5 Å². The Morgan fingerprint density at radius 2 is 1.67 bits per heavy atom. The zero-order chi connectivity index (χ0) is 25.7. The number of carbonyl (C=O) groups is 2. The van der Waals surface area contributed by atoms with Crippen molar-refractivity contribution in [1.29, 1.82) is 0 Å². The second-order valence-corrected chi connectivity index (χ2v) is 9.08. The van der Waals surface area contributed by atoms with Crippen LogP contribution >= 0.6 is 11.6 Å². The molecule has 4 aromatic rings. The molecule has 0 aliphatic rings. The van der Waals surface area contributed by atoms with Gasteiger partial charge in [0.15, 0.2) is 5.76 Å². The second kappa shape index (κ2) is 11.1. The van der Waals surface area contributed by atoms with E-state index < -0.39 is 0 Å². The summed E-state index contributed by atoms with van der Waals surface area (Å²) in [6, 6.07) is 25.6. The maximum atomic E-state index is 13.8. The Hall–Kier alpha value is -4.03. The average Bonchev–Trinajstić information content (AvgIpc) is 3.43. The van der Waals surface area contributed by atoms with Crippen LogP contribution in [0.5, 0.6) is 0 Å². The number of anilines is 2. The molecule has 1 N–H and O–H groups in total. The van der Waals surface area contributed by atoms with Crippen LogP contribution in [0.2, 0.25) is 5.02 Å². The van der Waals surface area contributed by atoms with Crippen LogP contribution < -0.4 is 10.2 Å². The van der Waals surface area contributed by atoms with Crippen molar-refractivity contribution in [3.63, 3.8) is 0 Å². The molecule has 0 spiro atoms. The smallest absolute Gasteiger partial charge is 0.291 e. The van der Waals surface area contributed by atoms with E-state index in [4.69, 9.17) is 16.0 Å². The maximum Gasteiger partial charge on any atom is 0.291 e. The fourth-order valence-corrected chi connectivity index (χ4v) is 4.31. The van der Waals surface area contributed by atoms with E-state index in [0.717, 1.165) is 16.8 Å². The number of carbonyl (C=O) groups excluding carboxylic acids is 2. The van der Waals surface area contributed by atoms with Gasteiger partial charge in [-0.25, -0.2) is 0 Å². The molecule has 0 bridgehead atoms. The fourth-order valence-electron chi connectivity index (χ4n) is 4.10. The van der Waals surface area contributed by atoms with Gasteiger partial charge in [-0.05, 0) is 60.5 Å². The molecule has 3 aromatic carbocycles. The third kappa shape index (κ3) is 5.61. The van der Waals surface area contributed by atoms with E-state index in [9.17, 15) is 9.59 Å². The largest absolute Gasteiger partial charge is 0.459 e. The molecule has 1 aromatic heterocycles. The minimum absolute atomic E-state index is 0.174. The number of rotatable bonds is 8. The van der Waals surface area contributed by atoms with Gasteiger partial charge in [-0.2, -0.15) is 0 Å². The molecule has 0 unspecified atom stereocenters. The molecule has 6 nitrogen and oxygen atoms in total. The van der Waals surface area contributed by atoms with Crippen molar-refractivity contribution in [2.75, 3.05) is 24.3 Å². The zero-order valence-corrected chi connectivity index (χ0v) is 21.2.